The average Bonchev–Trinajstić information content (AvgIpc) is 2.33. The van der Waals surface area contributed by atoms with E-state index in [4.69, 9.17) is 14.6 Å². The van der Waals surface area contributed by atoms with Gasteiger partial charge in [0.15, 0.2) is 0 Å². The molecule has 18 heavy (non-hydrogen) atoms. The fraction of sp³-hybridized carbons (Fsp3) is 0.538. The van der Waals surface area contributed by atoms with Gasteiger partial charge in [-0.15, -0.1) is 0 Å². The summed E-state index contributed by atoms with van der Waals surface area (Å²) in [5.41, 5.74) is 0.832. The van der Waals surface area contributed by atoms with E-state index in [1.807, 2.05) is 0 Å². The molecule has 0 radical (unpaired) electrons. The highest BCUT2D eigenvalue weighted by molar-refractivity contribution is 5.85. The molecule has 0 fully saturated rings. The number of hydrogen-bond acceptors (Lipinski definition) is 4. The Kier molecular flexibility index (Phi) is 6.32. The quantitative estimate of drug-likeness (QED) is 0.717. The Labute approximate surface area is 107 Å². The first-order chi connectivity index (χ1) is 8.59. The molecule has 0 atom stereocenters. The van der Waals surface area contributed by atoms with Crippen LogP contribution in [0.25, 0.3) is 0 Å². The second-order valence-corrected chi connectivity index (χ2v) is 4.38. The zero-order valence-electron chi connectivity index (χ0n) is 10.8. The van der Waals surface area contributed by atoms with Crippen LogP contribution < -0.4 is 0 Å². The summed E-state index contributed by atoms with van der Waals surface area (Å²) in [6.07, 6.45) is 1.47. The maximum absolute atomic E-state index is 10.7. The van der Waals surface area contributed by atoms with Gasteiger partial charge < -0.3 is 14.6 Å². The Hall–Kier alpha value is -1.46. The summed E-state index contributed by atoms with van der Waals surface area (Å²) in [7, 11) is 0. The fourth-order valence-corrected chi connectivity index (χ4v) is 1.31. The van der Waals surface area contributed by atoms with E-state index in [9.17, 15) is 4.79 Å². The van der Waals surface area contributed by atoms with Crippen molar-refractivity contribution in [2.75, 3.05) is 19.8 Å². The largest absolute Gasteiger partial charge is 0.477 e. The van der Waals surface area contributed by atoms with Crippen LogP contribution in [0.3, 0.4) is 0 Å². The number of aromatic nitrogens is 1. The van der Waals surface area contributed by atoms with Crippen LogP contribution in [0.2, 0.25) is 0 Å². The van der Waals surface area contributed by atoms with Crippen LogP contribution in [0.4, 0.5) is 0 Å². The van der Waals surface area contributed by atoms with E-state index >= 15 is 0 Å². The lowest BCUT2D eigenvalue weighted by Crippen LogP contribution is -2.09. The van der Waals surface area contributed by atoms with E-state index in [0.717, 1.165) is 12.2 Å². The van der Waals surface area contributed by atoms with Gasteiger partial charge in [0, 0.05) is 12.8 Å². The predicted molar refractivity (Wildman–Crippen MR) is 66.5 cm³/mol. The molecule has 0 saturated heterocycles. The molecule has 0 unspecified atom stereocenters. The summed E-state index contributed by atoms with van der Waals surface area (Å²) < 4.78 is 10.8. The number of nitrogens with zero attached hydrogens (tertiary/aromatic N) is 1. The summed E-state index contributed by atoms with van der Waals surface area (Å²) in [4.78, 5) is 14.4. The Morgan fingerprint density at radius 1 is 1.39 bits per heavy atom. The van der Waals surface area contributed by atoms with Crippen molar-refractivity contribution in [2.24, 2.45) is 5.92 Å². The van der Waals surface area contributed by atoms with Crippen molar-refractivity contribution in [2.45, 2.75) is 20.5 Å². The lowest BCUT2D eigenvalue weighted by molar-refractivity contribution is 0.0314. The maximum atomic E-state index is 10.7. The van der Waals surface area contributed by atoms with Crippen molar-refractivity contribution in [3.05, 3.63) is 29.6 Å². The van der Waals surface area contributed by atoms with Crippen molar-refractivity contribution in [3.63, 3.8) is 0 Å². The zero-order valence-corrected chi connectivity index (χ0v) is 10.8. The molecular formula is C13H19NO4. The third-order valence-electron chi connectivity index (χ3n) is 2.14. The van der Waals surface area contributed by atoms with Gasteiger partial charge in [0.05, 0.1) is 19.8 Å². The van der Waals surface area contributed by atoms with Gasteiger partial charge >= 0.3 is 5.97 Å². The number of rotatable bonds is 8. The number of hydrogen-bond donors (Lipinski definition) is 1. The third kappa shape index (κ3) is 5.75. The summed E-state index contributed by atoms with van der Waals surface area (Å²) in [6, 6.07) is 3.25. The topological polar surface area (TPSA) is 68.7 Å². The minimum absolute atomic E-state index is 0.0344. The summed E-state index contributed by atoms with van der Waals surface area (Å²) in [5.74, 6) is -0.513. The highest BCUT2D eigenvalue weighted by atomic mass is 16.5. The average molecular weight is 253 g/mol. The number of carbonyl (C=O) groups is 1. The molecule has 1 aromatic heterocycles. The van der Waals surface area contributed by atoms with Crippen LogP contribution in [0.1, 0.15) is 29.9 Å². The first-order valence-corrected chi connectivity index (χ1v) is 5.93. The Morgan fingerprint density at radius 2 is 2.11 bits per heavy atom. The van der Waals surface area contributed by atoms with Gasteiger partial charge in [0.25, 0.3) is 0 Å². The zero-order chi connectivity index (χ0) is 13.4. The minimum atomic E-state index is -1.03. The third-order valence-corrected chi connectivity index (χ3v) is 2.14. The number of ether oxygens (including phenoxy) is 2. The van der Waals surface area contributed by atoms with Crippen molar-refractivity contribution in [3.8, 4) is 0 Å². The molecule has 0 aliphatic rings. The normalized spacial score (nSPS) is 10.8. The smallest absolute Gasteiger partial charge is 0.354 e. The van der Waals surface area contributed by atoms with Gasteiger partial charge in [-0.3, -0.25) is 0 Å². The molecule has 1 N–H and O–H groups in total. The molecule has 5 heteroatoms. The molecule has 0 aliphatic heterocycles. The summed E-state index contributed by atoms with van der Waals surface area (Å²) in [6.45, 7) is 6.32. The van der Waals surface area contributed by atoms with E-state index in [2.05, 4.69) is 18.8 Å². The molecule has 1 heterocycles. The van der Waals surface area contributed by atoms with E-state index in [0.29, 0.717) is 25.7 Å². The second-order valence-electron chi connectivity index (χ2n) is 4.38. The summed E-state index contributed by atoms with van der Waals surface area (Å²) in [5, 5.41) is 8.78. The molecule has 0 amide bonds. The number of pyridine rings is 1. The molecule has 0 spiro atoms. The van der Waals surface area contributed by atoms with Crippen molar-refractivity contribution in [1.29, 1.82) is 0 Å². The van der Waals surface area contributed by atoms with Gasteiger partial charge in [0.1, 0.15) is 5.69 Å². The molecule has 1 aromatic rings. The maximum Gasteiger partial charge on any atom is 0.354 e. The van der Waals surface area contributed by atoms with Gasteiger partial charge in [-0.05, 0) is 23.6 Å². The molecule has 1 rings (SSSR count). The Morgan fingerprint density at radius 3 is 2.78 bits per heavy atom. The second kappa shape index (κ2) is 7.79. The van der Waals surface area contributed by atoms with E-state index in [1.54, 1.807) is 6.07 Å². The van der Waals surface area contributed by atoms with Crippen LogP contribution in [0, 0.1) is 5.92 Å². The molecule has 100 valence electrons. The van der Waals surface area contributed by atoms with Crippen LogP contribution in [0.15, 0.2) is 18.3 Å². The molecule has 5 nitrogen and oxygen atoms in total. The number of carboxylic acids is 1. The summed E-state index contributed by atoms with van der Waals surface area (Å²) >= 11 is 0. The van der Waals surface area contributed by atoms with Gasteiger partial charge in [-0.2, -0.15) is 0 Å². The van der Waals surface area contributed by atoms with E-state index < -0.39 is 5.97 Å². The predicted octanol–water partition coefficient (Wildman–Crippen LogP) is 1.97. The molecule has 0 saturated carbocycles. The number of carboxylic acid groups (broad SMARTS) is 1. The van der Waals surface area contributed by atoms with Crippen molar-refractivity contribution >= 4 is 5.97 Å². The lowest BCUT2D eigenvalue weighted by atomic mass is 10.2. The Bertz CT molecular complexity index is 379. The Balaban J connectivity index is 2.23. The lowest BCUT2D eigenvalue weighted by Gasteiger charge is -2.07. The van der Waals surface area contributed by atoms with Gasteiger partial charge in [-0.25, -0.2) is 9.78 Å². The molecule has 0 bridgehead atoms. The monoisotopic (exact) mass is 253 g/mol. The fourth-order valence-electron chi connectivity index (χ4n) is 1.31. The van der Waals surface area contributed by atoms with Crippen molar-refractivity contribution in [1.82, 2.24) is 4.98 Å². The SMILES string of the molecule is CC(C)COCCOCc1ccnc(C(=O)O)c1. The molecule has 0 aliphatic carbocycles. The first-order valence-electron chi connectivity index (χ1n) is 5.93. The standard InChI is InChI=1S/C13H19NO4/c1-10(2)8-17-5-6-18-9-11-3-4-14-12(7-11)13(15)16/h3-4,7,10H,5-6,8-9H2,1-2H3,(H,15,16). The van der Waals surface area contributed by atoms with Crippen LogP contribution in [-0.2, 0) is 16.1 Å². The van der Waals surface area contributed by atoms with Crippen LogP contribution in [0.5, 0.6) is 0 Å². The minimum Gasteiger partial charge on any atom is -0.477 e. The molecular weight excluding hydrogens is 234 g/mol. The van der Waals surface area contributed by atoms with Crippen molar-refractivity contribution < 1.29 is 19.4 Å². The van der Waals surface area contributed by atoms with Gasteiger partial charge in [-0.1, -0.05) is 13.8 Å². The highest BCUT2D eigenvalue weighted by Crippen LogP contribution is 2.03. The molecule has 0 aromatic carbocycles. The van der Waals surface area contributed by atoms with E-state index in [1.165, 1.54) is 12.3 Å². The first kappa shape index (κ1) is 14.6. The number of aromatic carboxylic acids is 1. The van der Waals surface area contributed by atoms with Crippen LogP contribution >= 0.6 is 0 Å². The van der Waals surface area contributed by atoms with Crippen LogP contribution in [-0.4, -0.2) is 35.9 Å². The van der Waals surface area contributed by atoms with E-state index in [-0.39, 0.29) is 5.69 Å². The highest BCUT2D eigenvalue weighted by Gasteiger charge is 2.04. The van der Waals surface area contributed by atoms with Gasteiger partial charge in [0.2, 0.25) is 0 Å².